The van der Waals surface area contributed by atoms with Crippen LogP contribution in [-0.4, -0.2) is 35.8 Å². The molecule has 1 aromatic carbocycles. The molecule has 0 spiro atoms. The number of pyridine rings is 1. The molecule has 1 aliphatic rings. The summed E-state index contributed by atoms with van der Waals surface area (Å²) >= 11 is 6.36. The van der Waals surface area contributed by atoms with Crippen LogP contribution in [-0.2, 0) is 6.42 Å². The zero-order chi connectivity index (χ0) is 14.1. The van der Waals surface area contributed by atoms with Crippen LogP contribution in [0, 0.1) is 0 Å². The van der Waals surface area contributed by atoms with Gasteiger partial charge in [0.15, 0.2) is 0 Å². The van der Waals surface area contributed by atoms with E-state index in [1.165, 1.54) is 0 Å². The highest BCUT2D eigenvalue weighted by Gasteiger charge is 2.25. The fourth-order valence-electron chi connectivity index (χ4n) is 2.88. The largest absolute Gasteiger partial charge is 0.391 e. The van der Waals surface area contributed by atoms with Crippen molar-refractivity contribution in [2.75, 3.05) is 24.5 Å². The number of β-amino-alcohol motifs (C(OH)–C–C–N with tert-alkyl or cyclic N) is 1. The highest BCUT2D eigenvalue weighted by atomic mass is 35.5. The molecule has 0 bridgehead atoms. The van der Waals surface area contributed by atoms with Gasteiger partial charge in [-0.15, -0.1) is 0 Å². The second kappa shape index (κ2) is 5.56. The molecule has 0 amide bonds. The SMILES string of the molecule is NCCc1cc(Cl)c2cccnc2c1N1CC[C@@H](O)C1. The molecule has 5 heteroatoms. The predicted octanol–water partition coefficient (Wildman–Crippen LogP) is 1.96. The maximum atomic E-state index is 9.80. The minimum atomic E-state index is -0.268. The minimum Gasteiger partial charge on any atom is -0.391 e. The molecule has 20 heavy (non-hydrogen) atoms. The Morgan fingerprint density at radius 3 is 3.05 bits per heavy atom. The van der Waals surface area contributed by atoms with E-state index in [2.05, 4.69) is 9.88 Å². The third-order valence-corrected chi connectivity index (χ3v) is 4.10. The van der Waals surface area contributed by atoms with Crippen molar-refractivity contribution >= 4 is 28.2 Å². The summed E-state index contributed by atoms with van der Waals surface area (Å²) < 4.78 is 0. The number of benzene rings is 1. The van der Waals surface area contributed by atoms with Crippen molar-refractivity contribution < 1.29 is 5.11 Å². The van der Waals surface area contributed by atoms with Crippen molar-refractivity contribution in [3.63, 3.8) is 0 Å². The molecule has 0 aliphatic carbocycles. The summed E-state index contributed by atoms with van der Waals surface area (Å²) in [5.41, 5.74) is 8.80. The van der Waals surface area contributed by atoms with Gasteiger partial charge in [-0.25, -0.2) is 0 Å². The van der Waals surface area contributed by atoms with Crippen LogP contribution >= 0.6 is 11.6 Å². The molecule has 0 unspecified atom stereocenters. The number of hydrogen-bond donors (Lipinski definition) is 2. The van der Waals surface area contributed by atoms with Gasteiger partial charge in [0.2, 0.25) is 0 Å². The molecule has 0 radical (unpaired) electrons. The number of aliphatic hydroxyl groups excluding tert-OH is 1. The van der Waals surface area contributed by atoms with E-state index in [0.717, 1.165) is 41.5 Å². The quantitative estimate of drug-likeness (QED) is 0.907. The number of fused-ring (bicyclic) bond motifs is 1. The second-order valence-electron chi connectivity index (χ2n) is 5.19. The van der Waals surface area contributed by atoms with Crippen LogP contribution in [0.4, 0.5) is 5.69 Å². The van der Waals surface area contributed by atoms with Crippen LogP contribution < -0.4 is 10.6 Å². The smallest absolute Gasteiger partial charge is 0.0953 e. The van der Waals surface area contributed by atoms with Gasteiger partial charge in [-0.05, 0) is 43.1 Å². The zero-order valence-electron chi connectivity index (χ0n) is 11.2. The molecule has 1 aromatic heterocycles. The lowest BCUT2D eigenvalue weighted by atomic mass is 10.0. The van der Waals surface area contributed by atoms with E-state index < -0.39 is 0 Å². The summed E-state index contributed by atoms with van der Waals surface area (Å²) in [4.78, 5) is 6.70. The second-order valence-corrected chi connectivity index (χ2v) is 5.60. The van der Waals surface area contributed by atoms with E-state index in [1.54, 1.807) is 6.20 Å². The lowest BCUT2D eigenvalue weighted by molar-refractivity contribution is 0.198. The van der Waals surface area contributed by atoms with Crippen molar-refractivity contribution in [2.45, 2.75) is 18.9 Å². The zero-order valence-corrected chi connectivity index (χ0v) is 12.0. The Hall–Kier alpha value is -1.36. The average Bonchev–Trinajstić information content (AvgIpc) is 2.86. The Bertz CT molecular complexity index is 632. The molecule has 3 N–H and O–H groups in total. The highest BCUT2D eigenvalue weighted by Crippen LogP contribution is 2.36. The average molecular weight is 292 g/mol. The minimum absolute atomic E-state index is 0.268. The van der Waals surface area contributed by atoms with E-state index in [9.17, 15) is 5.11 Å². The summed E-state index contributed by atoms with van der Waals surface area (Å²) in [6.45, 7) is 2.05. The molecule has 1 fully saturated rings. The molecule has 3 rings (SSSR count). The van der Waals surface area contributed by atoms with Crippen LogP contribution in [0.1, 0.15) is 12.0 Å². The molecule has 106 valence electrons. The lowest BCUT2D eigenvalue weighted by Crippen LogP contribution is -2.23. The molecule has 0 saturated carbocycles. The normalized spacial score (nSPS) is 18.9. The van der Waals surface area contributed by atoms with Crippen LogP contribution in [0.25, 0.3) is 10.9 Å². The molecule has 1 aliphatic heterocycles. The summed E-state index contributed by atoms with van der Waals surface area (Å²) in [6.07, 6.45) is 3.06. The number of halogens is 1. The Balaban J connectivity index is 2.20. The number of nitrogens with zero attached hydrogens (tertiary/aromatic N) is 2. The standard InChI is InChI=1S/C15H18ClN3O/c16-13-8-10(3-5-17)15(19-7-4-11(20)9-19)14-12(13)2-1-6-18-14/h1-2,6,8,11,20H,3-5,7,9,17H2/t11-/m1/s1. The van der Waals surface area contributed by atoms with E-state index >= 15 is 0 Å². The Morgan fingerprint density at radius 2 is 2.35 bits per heavy atom. The molecule has 2 heterocycles. The van der Waals surface area contributed by atoms with Crippen LogP contribution in [0.2, 0.25) is 5.02 Å². The van der Waals surface area contributed by atoms with E-state index in [0.29, 0.717) is 18.1 Å². The number of aliphatic hydroxyl groups is 1. The van der Waals surface area contributed by atoms with Crippen LogP contribution in [0.5, 0.6) is 0 Å². The first-order chi connectivity index (χ1) is 9.70. The van der Waals surface area contributed by atoms with Gasteiger partial charge in [0.1, 0.15) is 0 Å². The summed E-state index contributed by atoms with van der Waals surface area (Å²) in [7, 11) is 0. The topological polar surface area (TPSA) is 62.4 Å². The number of hydrogen-bond acceptors (Lipinski definition) is 4. The lowest BCUT2D eigenvalue weighted by Gasteiger charge is -2.23. The van der Waals surface area contributed by atoms with Gasteiger partial charge in [0.25, 0.3) is 0 Å². The predicted molar refractivity (Wildman–Crippen MR) is 82.3 cm³/mol. The first kappa shape index (κ1) is 13.6. The maximum Gasteiger partial charge on any atom is 0.0953 e. The van der Waals surface area contributed by atoms with Crippen LogP contribution in [0.3, 0.4) is 0 Å². The molecule has 2 aromatic rings. The van der Waals surface area contributed by atoms with Crippen molar-refractivity contribution in [2.24, 2.45) is 5.73 Å². The van der Waals surface area contributed by atoms with Crippen molar-refractivity contribution in [3.05, 3.63) is 35.0 Å². The fourth-order valence-corrected chi connectivity index (χ4v) is 3.17. The van der Waals surface area contributed by atoms with Gasteiger partial charge in [-0.2, -0.15) is 0 Å². The Labute approximate surface area is 123 Å². The highest BCUT2D eigenvalue weighted by molar-refractivity contribution is 6.36. The van der Waals surface area contributed by atoms with Gasteiger partial charge >= 0.3 is 0 Å². The third-order valence-electron chi connectivity index (χ3n) is 3.79. The fraction of sp³-hybridized carbons (Fsp3) is 0.400. The number of rotatable bonds is 3. The van der Waals surface area contributed by atoms with Crippen molar-refractivity contribution in [1.82, 2.24) is 4.98 Å². The maximum absolute atomic E-state index is 9.80. The number of nitrogens with two attached hydrogens (primary N) is 1. The van der Waals surface area contributed by atoms with Crippen LogP contribution in [0.15, 0.2) is 24.4 Å². The van der Waals surface area contributed by atoms with E-state index in [-0.39, 0.29) is 6.10 Å². The summed E-state index contributed by atoms with van der Waals surface area (Å²) in [6, 6.07) is 5.85. The van der Waals surface area contributed by atoms with Crippen molar-refractivity contribution in [1.29, 1.82) is 0 Å². The molecule has 4 nitrogen and oxygen atoms in total. The number of aromatic nitrogens is 1. The van der Waals surface area contributed by atoms with Gasteiger partial charge in [-0.1, -0.05) is 11.6 Å². The Kier molecular flexibility index (Phi) is 3.78. The molecule has 1 saturated heterocycles. The molecule has 1 atom stereocenters. The van der Waals surface area contributed by atoms with E-state index in [1.807, 2.05) is 18.2 Å². The third kappa shape index (κ3) is 2.35. The number of anilines is 1. The summed E-state index contributed by atoms with van der Waals surface area (Å²) in [5.74, 6) is 0. The van der Waals surface area contributed by atoms with Gasteiger partial charge in [-0.3, -0.25) is 4.98 Å². The van der Waals surface area contributed by atoms with Crippen molar-refractivity contribution in [3.8, 4) is 0 Å². The molecular weight excluding hydrogens is 274 g/mol. The van der Waals surface area contributed by atoms with E-state index in [4.69, 9.17) is 17.3 Å². The monoisotopic (exact) mass is 291 g/mol. The first-order valence-electron chi connectivity index (χ1n) is 6.90. The Morgan fingerprint density at radius 1 is 1.50 bits per heavy atom. The van der Waals surface area contributed by atoms with Gasteiger partial charge < -0.3 is 15.7 Å². The summed E-state index contributed by atoms with van der Waals surface area (Å²) in [5, 5.41) is 11.5. The van der Waals surface area contributed by atoms with Gasteiger partial charge in [0, 0.05) is 24.7 Å². The first-order valence-corrected chi connectivity index (χ1v) is 7.27. The molecular formula is C15H18ClN3O. The van der Waals surface area contributed by atoms with Gasteiger partial charge in [0.05, 0.1) is 22.3 Å².